The predicted molar refractivity (Wildman–Crippen MR) is 145 cm³/mol. The molecule has 4 rings (SSSR count). The molecule has 0 radical (unpaired) electrons. The second-order valence-corrected chi connectivity index (χ2v) is 10.1. The van der Waals surface area contributed by atoms with Crippen LogP contribution in [0.25, 0.3) is 0 Å². The first kappa shape index (κ1) is 25.8. The van der Waals surface area contributed by atoms with Crippen molar-refractivity contribution in [2.75, 3.05) is 22.8 Å². The Morgan fingerprint density at radius 3 is 2.00 bits per heavy atom. The smallest absolute Gasteiger partial charge is 0.264 e. The van der Waals surface area contributed by atoms with Crippen molar-refractivity contribution in [3.63, 3.8) is 0 Å². The van der Waals surface area contributed by atoms with Crippen LogP contribution >= 0.6 is 0 Å². The van der Waals surface area contributed by atoms with Gasteiger partial charge in [-0.2, -0.15) is 0 Å². The maximum Gasteiger partial charge on any atom is 0.264 e. The third-order valence-corrected chi connectivity index (χ3v) is 7.42. The van der Waals surface area contributed by atoms with Crippen LogP contribution < -0.4 is 19.1 Å². The van der Waals surface area contributed by atoms with E-state index in [2.05, 4.69) is 5.32 Å². The van der Waals surface area contributed by atoms with Crippen LogP contribution in [0.3, 0.4) is 0 Å². The van der Waals surface area contributed by atoms with Crippen LogP contribution in [0.1, 0.15) is 12.5 Å². The van der Waals surface area contributed by atoms with Crippen molar-refractivity contribution >= 4 is 27.3 Å². The molecule has 0 saturated heterocycles. The molecule has 37 heavy (non-hydrogen) atoms. The Morgan fingerprint density at radius 1 is 0.784 bits per heavy atom. The van der Waals surface area contributed by atoms with Gasteiger partial charge in [0.25, 0.3) is 15.9 Å². The summed E-state index contributed by atoms with van der Waals surface area (Å²) in [5, 5.41) is 2.78. The molecule has 7 nitrogen and oxygen atoms in total. The summed E-state index contributed by atoms with van der Waals surface area (Å²) in [6.45, 7) is 3.76. The van der Waals surface area contributed by atoms with E-state index in [9.17, 15) is 13.2 Å². The molecule has 1 amide bonds. The summed E-state index contributed by atoms with van der Waals surface area (Å²) in [5.74, 6) is 1.52. The van der Waals surface area contributed by atoms with Crippen LogP contribution in [-0.2, 0) is 14.8 Å². The fraction of sp³-hybridized carbons (Fsp3) is 0.138. The van der Waals surface area contributed by atoms with E-state index in [0.29, 0.717) is 22.9 Å². The Labute approximate surface area is 217 Å². The predicted octanol–water partition coefficient (Wildman–Crippen LogP) is 6.02. The van der Waals surface area contributed by atoms with Crippen molar-refractivity contribution in [1.82, 2.24) is 0 Å². The quantitative estimate of drug-likeness (QED) is 0.279. The van der Waals surface area contributed by atoms with Gasteiger partial charge in [0.15, 0.2) is 6.61 Å². The minimum absolute atomic E-state index is 0.194. The van der Waals surface area contributed by atoms with Crippen molar-refractivity contribution in [2.24, 2.45) is 0 Å². The van der Waals surface area contributed by atoms with Crippen LogP contribution in [0, 0.1) is 6.92 Å². The van der Waals surface area contributed by atoms with Gasteiger partial charge in [0, 0.05) is 12.2 Å². The van der Waals surface area contributed by atoms with Crippen LogP contribution in [0.5, 0.6) is 17.2 Å². The summed E-state index contributed by atoms with van der Waals surface area (Å²) in [4.78, 5) is 12.6. The maximum atomic E-state index is 13.1. The molecule has 0 bridgehead atoms. The first-order valence-corrected chi connectivity index (χ1v) is 13.2. The zero-order valence-electron chi connectivity index (χ0n) is 20.6. The number of anilines is 2. The topological polar surface area (TPSA) is 84.9 Å². The first-order chi connectivity index (χ1) is 17.8. The first-order valence-electron chi connectivity index (χ1n) is 11.8. The number of nitrogens with one attached hydrogen (secondary N) is 1. The summed E-state index contributed by atoms with van der Waals surface area (Å²) in [7, 11) is -3.70. The SMILES string of the molecule is CCN(c1ccc(OCC(=O)Nc2ccc(Oc3ccccc3)cc2)cc1)S(=O)(=O)c1ccc(C)cc1. The molecule has 0 aliphatic rings. The molecule has 0 atom stereocenters. The number of benzene rings is 4. The van der Waals surface area contributed by atoms with E-state index in [1.807, 2.05) is 37.3 Å². The molecule has 0 aliphatic carbocycles. The minimum Gasteiger partial charge on any atom is -0.484 e. The van der Waals surface area contributed by atoms with Crippen molar-refractivity contribution in [3.8, 4) is 17.2 Å². The molecule has 0 fully saturated rings. The Balaban J connectivity index is 1.32. The lowest BCUT2D eigenvalue weighted by molar-refractivity contribution is -0.118. The molecule has 190 valence electrons. The number of rotatable bonds is 10. The van der Waals surface area contributed by atoms with Gasteiger partial charge < -0.3 is 14.8 Å². The molecule has 0 aliphatic heterocycles. The van der Waals surface area contributed by atoms with Crippen LogP contribution in [0.15, 0.2) is 108 Å². The van der Waals surface area contributed by atoms with E-state index in [1.54, 1.807) is 79.7 Å². The number of para-hydroxylation sites is 1. The summed E-state index contributed by atoms with van der Waals surface area (Å²) in [6.07, 6.45) is 0. The average Bonchev–Trinajstić information content (AvgIpc) is 2.90. The third kappa shape index (κ3) is 6.68. The standard InChI is InChI=1S/C29H28N2O5S/c1-3-31(37(33,34)28-19-9-22(2)10-20-28)24-13-17-25(18-14-24)35-21-29(32)30-23-11-15-27(16-12-23)36-26-7-5-4-6-8-26/h4-20H,3,21H2,1-2H3,(H,30,32). The van der Waals surface area contributed by atoms with Crippen molar-refractivity contribution in [3.05, 3.63) is 109 Å². The van der Waals surface area contributed by atoms with E-state index in [-0.39, 0.29) is 24.0 Å². The molecular weight excluding hydrogens is 488 g/mol. The van der Waals surface area contributed by atoms with Gasteiger partial charge in [0.2, 0.25) is 0 Å². The van der Waals surface area contributed by atoms with Crippen molar-refractivity contribution in [2.45, 2.75) is 18.7 Å². The fourth-order valence-electron chi connectivity index (χ4n) is 3.61. The van der Waals surface area contributed by atoms with Crippen molar-refractivity contribution < 1.29 is 22.7 Å². The third-order valence-electron chi connectivity index (χ3n) is 5.51. The van der Waals surface area contributed by atoms with E-state index in [1.165, 1.54) is 4.31 Å². The van der Waals surface area contributed by atoms with E-state index < -0.39 is 10.0 Å². The van der Waals surface area contributed by atoms with Gasteiger partial charge in [-0.05, 0) is 86.6 Å². The van der Waals surface area contributed by atoms with E-state index >= 15 is 0 Å². The van der Waals surface area contributed by atoms with Gasteiger partial charge in [0.1, 0.15) is 17.2 Å². The summed E-state index contributed by atoms with van der Waals surface area (Å²) in [5.41, 5.74) is 2.11. The number of hydrogen-bond acceptors (Lipinski definition) is 5. The average molecular weight is 517 g/mol. The largest absolute Gasteiger partial charge is 0.484 e. The number of nitrogens with zero attached hydrogens (tertiary/aromatic N) is 1. The van der Waals surface area contributed by atoms with Gasteiger partial charge in [0.05, 0.1) is 10.6 Å². The molecule has 0 unspecified atom stereocenters. The monoisotopic (exact) mass is 516 g/mol. The Hall–Kier alpha value is -4.30. The lowest BCUT2D eigenvalue weighted by Gasteiger charge is -2.23. The van der Waals surface area contributed by atoms with Crippen LogP contribution in [0.2, 0.25) is 0 Å². The lowest BCUT2D eigenvalue weighted by atomic mass is 10.2. The Bertz CT molecular complexity index is 1420. The normalized spacial score (nSPS) is 11.0. The second-order valence-electron chi connectivity index (χ2n) is 8.25. The highest BCUT2D eigenvalue weighted by Crippen LogP contribution is 2.26. The maximum absolute atomic E-state index is 13.1. The number of sulfonamides is 1. The highest BCUT2D eigenvalue weighted by Gasteiger charge is 2.23. The number of carbonyl (C=O) groups excluding carboxylic acids is 1. The summed E-state index contributed by atoms with van der Waals surface area (Å²) in [6, 6.07) is 29.8. The molecule has 1 N–H and O–H groups in total. The molecule has 4 aromatic rings. The number of hydrogen-bond donors (Lipinski definition) is 1. The molecule has 8 heteroatoms. The second kappa shape index (κ2) is 11.6. The summed E-state index contributed by atoms with van der Waals surface area (Å²) >= 11 is 0. The molecule has 0 aromatic heterocycles. The number of carbonyl (C=O) groups is 1. The molecular formula is C29H28N2O5S. The number of amides is 1. The minimum atomic E-state index is -3.70. The molecule has 0 spiro atoms. The van der Waals surface area contributed by atoms with Crippen LogP contribution in [0.4, 0.5) is 11.4 Å². The van der Waals surface area contributed by atoms with Crippen molar-refractivity contribution in [1.29, 1.82) is 0 Å². The van der Waals surface area contributed by atoms with Gasteiger partial charge in [-0.15, -0.1) is 0 Å². The lowest BCUT2D eigenvalue weighted by Crippen LogP contribution is -2.30. The van der Waals surface area contributed by atoms with Gasteiger partial charge in [-0.25, -0.2) is 8.42 Å². The van der Waals surface area contributed by atoms with Crippen LogP contribution in [-0.4, -0.2) is 27.5 Å². The molecule has 0 heterocycles. The fourth-order valence-corrected chi connectivity index (χ4v) is 5.09. The molecule has 0 saturated carbocycles. The van der Waals surface area contributed by atoms with E-state index in [0.717, 1.165) is 11.3 Å². The zero-order chi connectivity index (χ0) is 26.3. The zero-order valence-corrected chi connectivity index (χ0v) is 21.4. The van der Waals surface area contributed by atoms with Gasteiger partial charge in [-0.3, -0.25) is 9.10 Å². The van der Waals surface area contributed by atoms with Gasteiger partial charge in [-0.1, -0.05) is 35.9 Å². The highest BCUT2D eigenvalue weighted by atomic mass is 32.2. The van der Waals surface area contributed by atoms with Gasteiger partial charge >= 0.3 is 0 Å². The molecule has 4 aromatic carbocycles. The number of aryl methyl sites for hydroxylation is 1. The van der Waals surface area contributed by atoms with E-state index in [4.69, 9.17) is 9.47 Å². The number of ether oxygens (including phenoxy) is 2. The summed E-state index contributed by atoms with van der Waals surface area (Å²) < 4.78 is 38.9. The highest BCUT2D eigenvalue weighted by molar-refractivity contribution is 7.92. The Morgan fingerprint density at radius 2 is 1.38 bits per heavy atom. The Kier molecular flexibility index (Phi) is 8.10.